The van der Waals surface area contributed by atoms with Crippen LogP contribution in [0.1, 0.15) is 25.1 Å². The van der Waals surface area contributed by atoms with Crippen molar-refractivity contribution >= 4 is 21.4 Å². The van der Waals surface area contributed by atoms with E-state index in [1.807, 2.05) is 31.2 Å². The van der Waals surface area contributed by atoms with Gasteiger partial charge in [0.15, 0.2) is 15.7 Å². The van der Waals surface area contributed by atoms with Gasteiger partial charge in [0, 0.05) is 23.2 Å². The second kappa shape index (κ2) is 7.63. The number of benzene rings is 1. The van der Waals surface area contributed by atoms with Crippen LogP contribution in [0.2, 0.25) is 0 Å². The lowest BCUT2D eigenvalue weighted by Crippen LogP contribution is -2.44. The van der Waals surface area contributed by atoms with Crippen LogP contribution >= 0.6 is 0 Å². The third-order valence-corrected chi connectivity index (χ3v) is 7.38. The van der Waals surface area contributed by atoms with E-state index in [4.69, 9.17) is 0 Å². The second-order valence-electron chi connectivity index (χ2n) is 7.68. The maximum atomic E-state index is 12.6. The number of hydrogen-bond donors (Lipinski definition) is 2. The number of rotatable bonds is 4. The Morgan fingerprint density at radius 1 is 1.18 bits per heavy atom. The Labute approximate surface area is 164 Å². The molecule has 0 bridgehead atoms. The molecule has 4 rings (SSSR count). The van der Waals surface area contributed by atoms with Gasteiger partial charge in [-0.15, -0.1) is 0 Å². The predicted molar refractivity (Wildman–Crippen MR) is 107 cm³/mol. The summed E-state index contributed by atoms with van der Waals surface area (Å²) < 4.78 is 23.3. The number of carbonyl (C=O) groups is 1. The minimum absolute atomic E-state index is 0.0279. The number of nitrogens with one attached hydrogen (secondary N) is 2. The fourth-order valence-corrected chi connectivity index (χ4v) is 5.77. The fourth-order valence-electron chi connectivity index (χ4n) is 4.01. The average molecular weight is 404 g/mol. The monoisotopic (exact) mass is 403 g/mol. The first-order valence-corrected chi connectivity index (χ1v) is 11.5. The maximum absolute atomic E-state index is 12.6. The molecular weight excluding hydrogens is 378 g/mol. The van der Waals surface area contributed by atoms with E-state index < -0.39 is 9.84 Å². The van der Waals surface area contributed by atoms with Gasteiger partial charge in [0.1, 0.15) is 5.82 Å². The summed E-state index contributed by atoms with van der Waals surface area (Å²) in [6.07, 6.45) is 2.24. The minimum Gasteiger partial charge on any atom is -0.326 e. The Kier molecular flexibility index (Phi) is 5.20. The van der Waals surface area contributed by atoms with Crippen LogP contribution in [0.15, 0.2) is 24.3 Å². The van der Waals surface area contributed by atoms with Gasteiger partial charge in [-0.2, -0.15) is 5.10 Å². The highest BCUT2D eigenvalue weighted by molar-refractivity contribution is 7.91. The molecule has 2 N–H and O–H groups in total. The fraction of sp³-hybridized carbons (Fsp3) is 0.526. The van der Waals surface area contributed by atoms with Gasteiger partial charge in [-0.05, 0) is 63.5 Å². The zero-order chi connectivity index (χ0) is 19.7. The van der Waals surface area contributed by atoms with E-state index in [0.717, 1.165) is 49.4 Å². The van der Waals surface area contributed by atoms with E-state index in [1.54, 1.807) is 0 Å². The number of piperidine rings is 1. The molecule has 8 nitrogen and oxygen atoms in total. The van der Waals surface area contributed by atoms with Crippen molar-refractivity contribution < 1.29 is 13.2 Å². The van der Waals surface area contributed by atoms with Crippen molar-refractivity contribution in [2.75, 3.05) is 29.9 Å². The van der Waals surface area contributed by atoms with Crippen molar-refractivity contribution in [2.24, 2.45) is 5.92 Å². The van der Waals surface area contributed by atoms with E-state index in [-0.39, 0.29) is 23.6 Å². The van der Waals surface area contributed by atoms with Gasteiger partial charge in [0.25, 0.3) is 0 Å². The third kappa shape index (κ3) is 4.25. The molecule has 1 amide bonds. The molecule has 1 unspecified atom stereocenters. The van der Waals surface area contributed by atoms with Crippen LogP contribution in [0.3, 0.4) is 0 Å². The van der Waals surface area contributed by atoms with Crippen molar-refractivity contribution in [3.8, 4) is 11.4 Å². The van der Waals surface area contributed by atoms with Crippen molar-refractivity contribution in [3.63, 3.8) is 0 Å². The molecule has 0 radical (unpaired) electrons. The van der Waals surface area contributed by atoms with Gasteiger partial charge in [-0.1, -0.05) is 0 Å². The summed E-state index contributed by atoms with van der Waals surface area (Å²) in [6, 6.07) is 7.62. The number of carbonyl (C=O) groups excluding carboxylic acids is 1. The van der Waals surface area contributed by atoms with Crippen LogP contribution in [0.25, 0.3) is 11.4 Å². The smallest absolute Gasteiger partial charge is 0.227 e. The van der Waals surface area contributed by atoms with Crippen LogP contribution in [-0.4, -0.2) is 65.0 Å². The summed E-state index contributed by atoms with van der Waals surface area (Å²) >= 11 is 0. The molecule has 2 fully saturated rings. The van der Waals surface area contributed by atoms with Crippen molar-refractivity contribution in [3.05, 3.63) is 30.1 Å². The highest BCUT2D eigenvalue weighted by Crippen LogP contribution is 2.26. The first-order valence-electron chi connectivity index (χ1n) is 9.64. The van der Waals surface area contributed by atoms with E-state index in [9.17, 15) is 13.2 Å². The van der Waals surface area contributed by atoms with Gasteiger partial charge in [0.2, 0.25) is 5.91 Å². The number of likely N-dealkylation sites (tertiary alicyclic amines) is 1. The molecule has 150 valence electrons. The van der Waals surface area contributed by atoms with Gasteiger partial charge in [0.05, 0.1) is 11.5 Å². The second-order valence-corrected chi connectivity index (χ2v) is 9.91. The zero-order valence-corrected chi connectivity index (χ0v) is 16.7. The van der Waals surface area contributed by atoms with Crippen LogP contribution in [-0.2, 0) is 14.6 Å². The summed E-state index contributed by atoms with van der Waals surface area (Å²) in [6.45, 7) is 3.41. The standard InChI is InChI=1S/C19H25N5O3S/c1-13-20-18(23-22-13)14-2-4-16(5-3-14)21-19(25)15-6-9-24(10-7-15)17-8-11-28(26,27)12-17/h2-5,15,17H,6-12H2,1H3,(H,21,25)(H,20,22,23). The molecule has 2 aromatic rings. The quantitative estimate of drug-likeness (QED) is 0.803. The normalized spacial score (nSPS) is 23.0. The molecule has 1 aromatic heterocycles. The summed E-state index contributed by atoms with van der Waals surface area (Å²) in [5.41, 5.74) is 1.65. The average Bonchev–Trinajstić information content (AvgIpc) is 3.27. The van der Waals surface area contributed by atoms with Gasteiger partial charge < -0.3 is 5.32 Å². The topological polar surface area (TPSA) is 108 Å². The SMILES string of the molecule is Cc1nc(-c2ccc(NC(=O)C3CCN(C4CCS(=O)(=O)C4)CC3)cc2)n[nH]1. The Morgan fingerprint density at radius 2 is 1.89 bits per heavy atom. The Hall–Kier alpha value is -2.26. The van der Waals surface area contributed by atoms with E-state index in [2.05, 4.69) is 25.4 Å². The first-order chi connectivity index (χ1) is 13.4. The number of aromatic amines is 1. The number of H-pyrrole nitrogens is 1. The zero-order valence-electron chi connectivity index (χ0n) is 15.9. The number of aryl methyl sites for hydroxylation is 1. The van der Waals surface area contributed by atoms with Crippen LogP contribution < -0.4 is 5.32 Å². The van der Waals surface area contributed by atoms with Crippen molar-refractivity contribution in [2.45, 2.75) is 32.2 Å². The molecule has 9 heteroatoms. The highest BCUT2D eigenvalue weighted by Gasteiger charge is 2.35. The molecule has 28 heavy (non-hydrogen) atoms. The maximum Gasteiger partial charge on any atom is 0.227 e. The van der Waals surface area contributed by atoms with E-state index in [1.165, 1.54) is 0 Å². The van der Waals surface area contributed by atoms with Crippen molar-refractivity contribution in [1.29, 1.82) is 0 Å². The number of hydrogen-bond acceptors (Lipinski definition) is 6. The van der Waals surface area contributed by atoms with Crippen LogP contribution in [0.4, 0.5) is 5.69 Å². The molecule has 3 heterocycles. The van der Waals surface area contributed by atoms with Crippen molar-refractivity contribution in [1.82, 2.24) is 20.1 Å². The predicted octanol–water partition coefficient (Wildman–Crippen LogP) is 1.62. The number of amides is 1. The Morgan fingerprint density at radius 3 is 2.46 bits per heavy atom. The molecule has 1 atom stereocenters. The summed E-state index contributed by atoms with van der Waals surface area (Å²) in [5.74, 6) is 1.94. The summed E-state index contributed by atoms with van der Waals surface area (Å²) in [5, 5.41) is 9.94. The number of aromatic nitrogens is 3. The molecule has 2 aliphatic heterocycles. The number of anilines is 1. The Bertz CT molecular complexity index is 946. The molecule has 2 aliphatic rings. The highest BCUT2D eigenvalue weighted by atomic mass is 32.2. The van der Waals surface area contributed by atoms with Gasteiger partial charge in [-0.25, -0.2) is 13.4 Å². The van der Waals surface area contributed by atoms with Crippen LogP contribution in [0, 0.1) is 12.8 Å². The molecule has 2 saturated heterocycles. The van der Waals surface area contributed by atoms with E-state index in [0.29, 0.717) is 11.6 Å². The van der Waals surface area contributed by atoms with Crippen LogP contribution in [0.5, 0.6) is 0 Å². The molecule has 0 aliphatic carbocycles. The molecule has 1 aromatic carbocycles. The Balaban J connectivity index is 1.30. The first kappa shape index (κ1) is 19.1. The molecule has 0 saturated carbocycles. The summed E-state index contributed by atoms with van der Waals surface area (Å²) in [4.78, 5) is 19.1. The minimum atomic E-state index is -2.87. The lowest BCUT2D eigenvalue weighted by Gasteiger charge is -2.34. The molecule has 0 spiro atoms. The number of nitrogens with zero attached hydrogens (tertiary/aromatic N) is 3. The van der Waals surface area contributed by atoms with Gasteiger partial charge >= 0.3 is 0 Å². The molecular formula is C19H25N5O3S. The summed E-state index contributed by atoms with van der Waals surface area (Å²) in [7, 11) is -2.87. The lowest BCUT2D eigenvalue weighted by atomic mass is 9.94. The largest absolute Gasteiger partial charge is 0.326 e. The lowest BCUT2D eigenvalue weighted by molar-refractivity contribution is -0.121. The van der Waals surface area contributed by atoms with Gasteiger partial charge in [-0.3, -0.25) is 14.8 Å². The van der Waals surface area contributed by atoms with E-state index >= 15 is 0 Å². The third-order valence-electron chi connectivity index (χ3n) is 5.63. The number of sulfone groups is 1.